The van der Waals surface area contributed by atoms with Gasteiger partial charge in [-0.05, 0) is 30.9 Å². The van der Waals surface area contributed by atoms with Crippen LogP contribution >= 0.6 is 0 Å². The molecule has 2 heterocycles. The van der Waals surface area contributed by atoms with Gasteiger partial charge in [-0.15, -0.1) is 0 Å². The summed E-state index contributed by atoms with van der Waals surface area (Å²) >= 11 is 0. The lowest BCUT2D eigenvalue weighted by molar-refractivity contribution is -0.384. The third kappa shape index (κ3) is 2.24. The zero-order valence-electron chi connectivity index (χ0n) is 11.4. The van der Waals surface area contributed by atoms with Crippen LogP contribution in [0.5, 0.6) is 0 Å². The number of hydrogen-bond acceptors (Lipinski definition) is 6. The molecule has 1 aromatic carbocycles. The number of anilines is 1. The molecular weight excluding hydrogens is 272 g/mol. The number of benzene rings is 1. The Bertz CT molecular complexity index is 708. The normalized spacial score (nSPS) is 17.0. The molecule has 1 aromatic heterocycles. The van der Waals surface area contributed by atoms with Crippen LogP contribution in [0.25, 0.3) is 0 Å². The highest BCUT2D eigenvalue weighted by Crippen LogP contribution is 2.38. The van der Waals surface area contributed by atoms with Crippen LogP contribution in [0, 0.1) is 10.1 Å². The van der Waals surface area contributed by atoms with Crippen LogP contribution in [-0.2, 0) is 13.0 Å². The third-order valence-electron chi connectivity index (χ3n) is 4.02. The second-order valence-electron chi connectivity index (χ2n) is 5.56. The average Bonchev–Trinajstić information content (AvgIpc) is 3.10. The van der Waals surface area contributed by atoms with Gasteiger partial charge in [0.25, 0.3) is 5.69 Å². The quantitative estimate of drug-likeness (QED) is 0.633. The molecule has 0 bridgehead atoms. The van der Waals surface area contributed by atoms with E-state index in [0.717, 1.165) is 42.9 Å². The van der Waals surface area contributed by atoms with E-state index in [4.69, 9.17) is 4.52 Å². The van der Waals surface area contributed by atoms with Gasteiger partial charge in [0.05, 0.1) is 11.5 Å². The van der Waals surface area contributed by atoms with E-state index in [-0.39, 0.29) is 10.6 Å². The molecule has 0 unspecified atom stereocenters. The SMILES string of the molecule is O=[N+]([O-])c1ccc2c(c1)CCN2Cc1nc(C2CC2)no1. The molecule has 7 heteroatoms. The van der Waals surface area contributed by atoms with Crippen molar-refractivity contribution in [3.63, 3.8) is 0 Å². The topological polar surface area (TPSA) is 85.3 Å². The summed E-state index contributed by atoms with van der Waals surface area (Å²) in [7, 11) is 0. The van der Waals surface area contributed by atoms with Crippen LogP contribution in [0.1, 0.15) is 36.0 Å². The van der Waals surface area contributed by atoms with Gasteiger partial charge in [0.15, 0.2) is 5.82 Å². The van der Waals surface area contributed by atoms with Gasteiger partial charge in [-0.1, -0.05) is 5.16 Å². The molecule has 1 fully saturated rings. The fraction of sp³-hybridized carbons (Fsp3) is 0.429. The van der Waals surface area contributed by atoms with Gasteiger partial charge in [-0.25, -0.2) is 0 Å². The first kappa shape index (κ1) is 12.3. The molecule has 21 heavy (non-hydrogen) atoms. The molecular formula is C14H14N4O3. The van der Waals surface area contributed by atoms with Gasteiger partial charge in [0, 0.05) is 30.3 Å². The molecule has 0 atom stereocenters. The summed E-state index contributed by atoms with van der Waals surface area (Å²) in [4.78, 5) is 17.0. The molecule has 0 amide bonds. The molecule has 0 spiro atoms. The van der Waals surface area contributed by atoms with Crippen LogP contribution in [-0.4, -0.2) is 21.6 Å². The largest absolute Gasteiger partial charge is 0.362 e. The molecule has 1 saturated carbocycles. The molecule has 0 radical (unpaired) electrons. The second-order valence-corrected chi connectivity index (χ2v) is 5.56. The summed E-state index contributed by atoms with van der Waals surface area (Å²) in [5.41, 5.74) is 2.17. The van der Waals surface area contributed by atoms with E-state index in [2.05, 4.69) is 15.0 Å². The number of aromatic nitrogens is 2. The van der Waals surface area contributed by atoms with Crippen LogP contribution in [0.4, 0.5) is 11.4 Å². The second kappa shape index (κ2) is 4.54. The van der Waals surface area contributed by atoms with Crippen molar-refractivity contribution in [3.8, 4) is 0 Å². The number of nitro groups is 1. The van der Waals surface area contributed by atoms with Crippen molar-refractivity contribution in [2.75, 3.05) is 11.4 Å². The molecule has 0 N–H and O–H groups in total. The van der Waals surface area contributed by atoms with Crippen molar-refractivity contribution in [3.05, 3.63) is 45.6 Å². The summed E-state index contributed by atoms with van der Waals surface area (Å²) in [6, 6.07) is 5.00. The summed E-state index contributed by atoms with van der Waals surface area (Å²) in [5, 5.41) is 14.8. The first-order chi connectivity index (χ1) is 10.2. The predicted octanol–water partition coefficient (Wildman–Crippen LogP) is 2.42. The van der Waals surface area contributed by atoms with Gasteiger partial charge in [0.1, 0.15) is 0 Å². The predicted molar refractivity (Wildman–Crippen MR) is 74.1 cm³/mol. The van der Waals surface area contributed by atoms with E-state index in [1.807, 2.05) is 0 Å². The van der Waals surface area contributed by atoms with Gasteiger partial charge in [0.2, 0.25) is 5.89 Å². The van der Waals surface area contributed by atoms with E-state index in [1.165, 1.54) is 0 Å². The Balaban J connectivity index is 1.54. The highest BCUT2D eigenvalue weighted by atomic mass is 16.6. The van der Waals surface area contributed by atoms with Gasteiger partial charge < -0.3 is 9.42 Å². The Labute approximate surface area is 120 Å². The number of rotatable bonds is 4. The van der Waals surface area contributed by atoms with E-state index in [0.29, 0.717) is 18.4 Å². The summed E-state index contributed by atoms with van der Waals surface area (Å²) in [6.07, 6.45) is 3.10. The molecule has 2 aliphatic rings. The van der Waals surface area contributed by atoms with E-state index >= 15 is 0 Å². The Morgan fingerprint density at radius 1 is 1.43 bits per heavy atom. The van der Waals surface area contributed by atoms with E-state index < -0.39 is 0 Å². The number of fused-ring (bicyclic) bond motifs is 1. The van der Waals surface area contributed by atoms with Crippen molar-refractivity contribution in [1.82, 2.24) is 10.1 Å². The first-order valence-electron chi connectivity index (χ1n) is 7.05. The van der Waals surface area contributed by atoms with E-state index in [1.54, 1.807) is 18.2 Å². The number of nitrogens with zero attached hydrogens (tertiary/aromatic N) is 4. The van der Waals surface area contributed by atoms with Crippen molar-refractivity contribution >= 4 is 11.4 Å². The van der Waals surface area contributed by atoms with Gasteiger partial charge >= 0.3 is 0 Å². The van der Waals surface area contributed by atoms with Crippen molar-refractivity contribution in [1.29, 1.82) is 0 Å². The maximum absolute atomic E-state index is 10.8. The first-order valence-corrected chi connectivity index (χ1v) is 7.05. The maximum atomic E-state index is 10.8. The van der Waals surface area contributed by atoms with Gasteiger partial charge in [-0.3, -0.25) is 10.1 Å². The average molecular weight is 286 g/mol. The minimum absolute atomic E-state index is 0.143. The standard InChI is InChI=1S/C14H14N4O3/c19-18(20)11-3-4-12-10(7-11)5-6-17(12)8-13-15-14(16-21-13)9-1-2-9/h3-4,7,9H,1-2,5-6,8H2. The highest BCUT2D eigenvalue weighted by Gasteiger charge is 2.29. The van der Waals surface area contributed by atoms with Crippen molar-refractivity contribution in [2.45, 2.75) is 31.7 Å². The number of non-ortho nitro benzene ring substituents is 1. The summed E-state index contributed by atoms with van der Waals surface area (Å²) in [6.45, 7) is 1.38. The minimum Gasteiger partial charge on any atom is -0.362 e. The lowest BCUT2D eigenvalue weighted by Crippen LogP contribution is -2.19. The zero-order valence-corrected chi connectivity index (χ0v) is 11.4. The van der Waals surface area contributed by atoms with E-state index in [9.17, 15) is 10.1 Å². The zero-order chi connectivity index (χ0) is 14.4. The lowest BCUT2D eigenvalue weighted by atomic mass is 10.1. The fourth-order valence-corrected chi connectivity index (χ4v) is 2.74. The molecule has 0 saturated heterocycles. The molecule has 1 aliphatic carbocycles. The fourth-order valence-electron chi connectivity index (χ4n) is 2.74. The Kier molecular flexibility index (Phi) is 2.66. The molecule has 4 rings (SSSR count). The number of hydrogen-bond donors (Lipinski definition) is 0. The lowest BCUT2D eigenvalue weighted by Gasteiger charge is -2.16. The molecule has 7 nitrogen and oxygen atoms in total. The molecule has 1 aliphatic heterocycles. The van der Waals surface area contributed by atoms with Gasteiger partial charge in [-0.2, -0.15) is 4.98 Å². The number of nitro benzene ring substituents is 1. The smallest absolute Gasteiger partial charge is 0.269 e. The third-order valence-corrected chi connectivity index (χ3v) is 4.02. The summed E-state index contributed by atoms with van der Waals surface area (Å²) in [5.74, 6) is 1.91. The Morgan fingerprint density at radius 3 is 3.05 bits per heavy atom. The minimum atomic E-state index is -0.358. The van der Waals surface area contributed by atoms with Crippen molar-refractivity contribution < 1.29 is 9.45 Å². The van der Waals surface area contributed by atoms with Crippen LogP contribution in [0.2, 0.25) is 0 Å². The monoisotopic (exact) mass is 286 g/mol. The maximum Gasteiger partial charge on any atom is 0.269 e. The van der Waals surface area contributed by atoms with Crippen LogP contribution in [0.15, 0.2) is 22.7 Å². The molecule has 2 aromatic rings. The van der Waals surface area contributed by atoms with Crippen LogP contribution in [0.3, 0.4) is 0 Å². The highest BCUT2D eigenvalue weighted by molar-refractivity contribution is 5.61. The summed E-state index contributed by atoms with van der Waals surface area (Å²) < 4.78 is 5.29. The Morgan fingerprint density at radius 2 is 2.29 bits per heavy atom. The Hall–Kier alpha value is -2.44. The van der Waals surface area contributed by atoms with Crippen LogP contribution < -0.4 is 4.90 Å². The van der Waals surface area contributed by atoms with Crippen molar-refractivity contribution in [2.24, 2.45) is 0 Å². The molecule has 108 valence electrons.